The van der Waals surface area contributed by atoms with Crippen molar-refractivity contribution in [3.05, 3.63) is 36.3 Å². The molecule has 1 aromatic heterocycles. The highest BCUT2D eigenvalue weighted by atomic mass is 19.1. The summed E-state index contributed by atoms with van der Waals surface area (Å²) in [5.41, 5.74) is 1.14. The highest BCUT2D eigenvalue weighted by Crippen LogP contribution is 2.26. The third-order valence-corrected chi connectivity index (χ3v) is 5.43. The van der Waals surface area contributed by atoms with Gasteiger partial charge in [-0.3, -0.25) is 14.7 Å². The first-order chi connectivity index (χ1) is 13.5. The average Bonchev–Trinajstić information content (AvgIpc) is 3.28. The first-order valence-corrected chi connectivity index (χ1v) is 9.40. The van der Waals surface area contributed by atoms with Gasteiger partial charge in [0.2, 0.25) is 5.91 Å². The number of nitrogens with zero attached hydrogens (tertiary/aromatic N) is 4. The van der Waals surface area contributed by atoms with E-state index in [1.54, 1.807) is 12.3 Å². The summed E-state index contributed by atoms with van der Waals surface area (Å²) in [4.78, 5) is 19.9. The van der Waals surface area contributed by atoms with E-state index in [1.807, 2.05) is 23.1 Å². The van der Waals surface area contributed by atoms with E-state index in [0.29, 0.717) is 12.1 Å². The second kappa shape index (κ2) is 7.68. The Morgan fingerprint density at radius 2 is 2.21 bits per heavy atom. The lowest BCUT2D eigenvalue weighted by Gasteiger charge is -2.23. The molecule has 0 saturated carbocycles. The topological polar surface area (TPSA) is 72.3 Å². The number of hydrogen-bond acceptors (Lipinski definition) is 5. The number of benzene rings is 1. The zero-order valence-corrected chi connectivity index (χ0v) is 15.3. The Labute approximate surface area is 161 Å². The molecule has 0 radical (unpaired) electrons. The van der Waals surface area contributed by atoms with Gasteiger partial charge in [0.1, 0.15) is 23.5 Å². The van der Waals surface area contributed by atoms with Crippen LogP contribution in [0.4, 0.5) is 14.5 Å². The molecule has 1 N–H and O–H groups in total. The van der Waals surface area contributed by atoms with Crippen LogP contribution in [0.15, 0.2) is 30.5 Å². The molecule has 2 aliphatic heterocycles. The van der Waals surface area contributed by atoms with E-state index in [2.05, 4.69) is 10.3 Å². The van der Waals surface area contributed by atoms with Crippen molar-refractivity contribution in [1.82, 2.24) is 14.8 Å². The molecule has 8 heteroatoms. The van der Waals surface area contributed by atoms with E-state index < -0.39 is 12.2 Å². The van der Waals surface area contributed by atoms with E-state index >= 15 is 0 Å². The van der Waals surface area contributed by atoms with E-state index in [0.717, 1.165) is 24.0 Å². The van der Waals surface area contributed by atoms with Crippen LogP contribution in [0.2, 0.25) is 0 Å². The number of pyridine rings is 1. The molecular formula is C20H21F2N5O. The van der Waals surface area contributed by atoms with Crippen LogP contribution >= 0.6 is 0 Å². The Bertz CT molecular complexity index is 930. The maximum Gasteiger partial charge on any atom is 0.237 e. The smallest absolute Gasteiger partial charge is 0.237 e. The van der Waals surface area contributed by atoms with Crippen molar-refractivity contribution in [2.75, 3.05) is 31.5 Å². The molecule has 6 nitrogen and oxygen atoms in total. The van der Waals surface area contributed by atoms with Crippen LogP contribution in [-0.2, 0) is 4.79 Å². The van der Waals surface area contributed by atoms with Gasteiger partial charge in [-0.2, -0.15) is 5.26 Å². The van der Waals surface area contributed by atoms with Crippen molar-refractivity contribution in [3.63, 3.8) is 0 Å². The molecule has 0 bridgehead atoms. The Hall–Kier alpha value is -2.79. The van der Waals surface area contributed by atoms with Gasteiger partial charge >= 0.3 is 0 Å². The first-order valence-electron chi connectivity index (χ1n) is 9.40. The fourth-order valence-corrected chi connectivity index (χ4v) is 4.04. The number of halogens is 2. The number of anilines is 1. The number of nitriles is 1. The predicted molar refractivity (Wildman–Crippen MR) is 101 cm³/mol. The minimum Gasteiger partial charge on any atom is -0.380 e. The zero-order valence-electron chi connectivity index (χ0n) is 15.3. The first kappa shape index (κ1) is 18.6. The number of alkyl halides is 1. The third kappa shape index (κ3) is 3.62. The van der Waals surface area contributed by atoms with Gasteiger partial charge in [0.15, 0.2) is 0 Å². The fourth-order valence-electron chi connectivity index (χ4n) is 4.04. The van der Waals surface area contributed by atoms with E-state index in [1.165, 1.54) is 11.0 Å². The summed E-state index contributed by atoms with van der Waals surface area (Å²) in [6.07, 6.45) is 1.38. The van der Waals surface area contributed by atoms with Gasteiger partial charge in [0.05, 0.1) is 19.2 Å². The van der Waals surface area contributed by atoms with Crippen molar-refractivity contribution in [1.29, 1.82) is 5.26 Å². The van der Waals surface area contributed by atoms with Crippen LogP contribution in [0.25, 0.3) is 10.9 Å². The lowest BCUT2D eigenvalue weighted by molar-refractivity contribution is -0.132. The number of fused-ring (bicyclic) bond motifs is 1. The standard InChI is InChI=1S/C20H21F2N5O/c21-13-8-15(9-23)27(10-13)19(28)12-26-7-5-14(11-26)25-18-4-6-24-20-16(18)2-1-3-17(20)22/h1-4,6,13-15H,5,7-8,10-12H2,(H,24,25)/t13-,14+,15-/m0/s1. The second-order valence-electron chi connectivity index (χ2n) is 7.38. The molecule has 1 amide bonds. The number of likely N-dealkylation sites (tertiary alicyclic amines) is 2. The van der Waals surface area contributed by atoms with Crippen LogP contribution in [0, 0.1) is 17.1 Å². The largest absolute Gasteiger partial charge is 0.380 e. The minimum absolute atomic E-state index is 0.00114. The number of rotatable bonds is 4. The fraction of sp³-hybridized carbons (Fsp3) is 0.450. The predicted octanol–water partition coefficient (Wildman–Crippen LogP) is 2.32. The van der Waals surface area contributed by atoms with Gasteiger partial charge in [0.25, 0.3) is 0 Å². The SMILES string of the molecule is N#C[C@@H]1C[C@H](F)CN1C(=O)CN1CC[C@@H](Nc2ccnc3c(F)cccc23)C1. The lowest BCUT2D eigenvalue weighted by Crippen LogP contribution is -2.42. The zero-order chi connectivity index (χ0) is 19.7. The number of hydrogen-bond donors (Lipinski definition) is 1. The number of aromatic nitrogens is 1. The number of para-hydroxylation sites is 1. The molecule has 2 aliphatic rings. The summed E-state index contributed by atoms with van der Waals surface area (Å²) in [7, 11) is 0. The van der Waals surface area contributed by atoms with Gasteiger partial charge in [-0.1, -0.05) is 12.1 Å². The van der Waals surface area contributed by atoms with E-state index in [4.69, 9.17) is 5.26 Å². The van der Waals surface area contributed by atoms with Crippen molar-refractivity contribution >= 4 is 22.5 Å². The minimum atomic E-state index is -1.12. The number of amides is 1. The molecule has 2 aromatic rings. The molecule has 2 fully saturated rings. The molecular weight excluding hydrogens is 364 g/mol. The number of carbonyl (C=O) groups excluding carboxylic acids is 1. The maximum atomic E-state index is 13.9. The van der Waals surface area contributed by atoms with Crippen molar-refractivity contribution in [2.45, 2.75) is 31.1 Å². The van der Waals surface area contributed by atoms with Crippen molar-refractivity contribution in [2.24, 2.45) is 0 Å². The van der Waals surface area contributed by atoms with Crippen molar-refractivity contribution in [3.8, 4) is 6.07 Å². The third-order valence-electron chi connectivity index (χ3n) is 5.43. The number of carbonyl (C=O) groups is 1. The Balaban J connectivity index is 1.38. The summed E-state index contributed by atoms with van der Waals surface area (Å²) in [5.74, 6) is -0.563. The normalized spacial score (nSPS) is 25.2. The molecule has 28 heavy (non-hydrogen) atoms. The number of nitrogens with one attached hydrogen (secondary N) is 1. The molecule has 4 rings (SSSR count). The highest BCUT2D eigenvalue weighted by Gasteiger charge is 2.36. The monoisotopic (exact) mass is 385 g/mol. The summed E-state index contributed by atoms with van der Waals surface area (Å²) >= 11 is 0. The quantitative estimate of drug-likeness (QED) is 0.875. The Morgan fingerprint density at radius 3 is 3.04 bits per heavy atom. The molecule has 3 heterocycles. The van der Waals surface area contributed by atoms with Crippen LogP contribution in [-0.4, -0.2) is 65.1 Å². The van der Waals surface area contributed by atoms with Crippen LogP contribution in [0.3, 0.4) is 0 Å². The summed E-state index contributed by atoms with van der Waals surface area (Å²) in [5, 5.41) is 13.3. The molecule has 0 spiro atoms. The molecule has 2 saturated heterocycles. The second-order valence-corrected chi connectivity index (χ2v) is 7.38. The molecule has 0 aliphatic carbocycles. The van der Waals surface area contributed by atoms with Crippen LogP contribution < -0.4 is 5.32 Å². The Morgan fingerprint density at radius 1 is 1.36 bits per heavy atom. The van der Waals surface area contributed by atoms with E-state index in [-0.39, 0.29) is 37.3 Å². The molecule has 0 unspecified atom stereocenters. The maximum absolute atomic E-state index is 13.9. The molecule has 146 valence electrons. The summed E-state index contributed by atoms with van der Waals surface area (Å²) < 4.78 is 27.5. The van der Waals surface area contributed by atoms with E-state index in [9.17, 15) is 13.6 Å². The molecule has 3 atom stereocenters. The van der Waals surface area contributed by atoms with Crippen LogP contribution in [0.5, 0.6) is 0 Å². The Kier molecular flexibility index (Phi) is 5.09. The van der Waals surface area contributed by atoms with Gasteiger partial charge in [-0.05, 0) is 18.6 Å². The van der Waals surface area contributed by atoms with Crippen LogP contribution in [0.1, 0.15) is 12.8 Å². The van der Waals surface area contributed by atoms with Gasteiger partial charge in [-0.25, -0.2) is 8.78 Å². The summed E-state index contributed by atoms with van der Waals surface area (Å²) in [6.45, 7) is 1.55. The average molecular weight is 385 g/mol. The summed E-state index contributed by atoms with van der Waals surface area (Å²) in [6, 6.07) is 8.14. The van der Waals surface area contributed by atoms with Gasteiger partial charge < -0.3 is 10.2 Å². The highest BCUT2D eigenvalue weighted by molar-refractivity contribution is 5.91. The van der Waals surface area contributed by atoms with Gasteiger partial charge in [-0.15, -0.1) is 0 Å². The van der Waals surface area contributed by atoms with Gasteiger partial charge in [0, 0.05) is 42.8 Å². The van der Waals surface area contributed by atoms with Crippen molar-refractivity contribution < 1.29 is 13.6 Å². The lowest BCUT2D eigenvalue weighted by atomic mass is 10.1. The molecule has 1 aromatic carbocycles.